The number of amides is 1. The third-order valence-corrected chi connectivity index (χ3v) is 5.06. The molecule has 27 heavy (non-hydrogen) atoms. The van der Waals surface area contributed by atoms with Gasteiger partial charge in [0.15, 0.2) is 6.10 Å². The Hall–Kier alpha value is -2.99. The van der Waals surface area contributed by atoms with Gasteiger partial charge in [0.2, 0.25) is 0 Å². The molecule has 1 amide bonds. The highest BCUT2D eigenvalue weighted by molar-refractivity contribution is 7.13. The lowest BCUT2D eigenvalue weighted by molar-refractivity contribution is -0.123. The van der Waals surface area contributed by atoms with E-state index in [1.807, 2.05) is 61.5 Å². The highest BCUT2D eigenvalue weighted by Crippen LogP contribution is 2.27. The molecule has 0 spiro atoms. The van der Waals surface area contributed by atoms with Crippen molar-refractivity contribution >= 4 is 28.9 Å². The fourth-order valence-corrected chi connectivity index (χ4v) is 3.49. The monoisotopic (exact) mass is 380 g/mol. The number of thiazole rings is 1. The molecule has 0 fully saturated rings. The van der Waals surface area contributed by atoms with Gasteiger partial charge >= 0.3 is 5.97 Å². The number of anilines is 1. The summed E-state index contributed by atoms with van der Waals surface area (Å²) in [6.07, 6.45) is -0.928. The quantitative estimate of drug-likeness (QED) is 0.656. The maximum atomic E-state index is 12.6. The zero-order chi connectivity index (χ0) is 19.4. The highest BCUT2D eigenvalue weighted by atomic mass is 32.1. The van der Waals surface area contributed by atoms with Gasteiger partial charge in [-0.25, -0.2) is 9.78 Å². The maximum Gasteiger partial charge on any atom is 0.351 e. The first-order valence-electron chi connectivity index (χ1n) is 8.56. The van der Waals surface area contributed by atoms with Crippen LogP contribution >= 0.6 is 11.3 Å². The number of ether oxygens (including phenoxy) is 1. The molecule has 5 nitrogen and oxygen atoms in total. The lowest BCUT2D eigenvalue weighted by Crippen LogP contribution is -2.30. The number of aromatic nitrogens is 1. The lowest BCUT2D eigenvalue weighted by Gasteiger charge is -2.15. The predicted molar refractivity (Wildman–Crippen MR) is 107 cm³/mol. The zero-order valence-electron chi connectivity index (χ0n) is 15.4. The summed E-state index contributed by atoms with van der Waals surface area (Å²) in [5.74, 6) is -0.914. The lowest BCUT2D eigenvalue weighted by atomic mass is 10.0. The van der Waals surface area contributed by atoms with Crippen LogP contribution in [0.15, 0.2) is 54.6 Å². The van der Waals surface area contributed by atoms with Crippen molar-refractivity contribution in [2.24, 2.45) is 0 Å². The van der Waals surface area contributed by atoms with E-state index in [9.17, 15) is 9.59 Å². The molecule has 1 N–H and O–H groups in total. The second kappa shape index (κ2) is 8.14. The molecule has 6 heteroatoms. The van der Waals surface area contributed by atoms with Gasteiger partial charge < -0.3 is 10.1 Å². The normalized spacial score (nSPS) is 11.7. The molecule has 3 aromatic rings. The number of nitrogens with zero attached hydrogens (tertiary/aromatic N) is 1. The fourth-order valence-electron chi connectivity index (χ4n) is 2.68. The maximum absolute atomic E-state index is 12.6. The van der Waals surface area contributed by atoms with Crippen molar-refractivity contribution in [2.75, 3.05) is 5.32 Å². The van der Waals surface area contributed by atoms with Crippen molar-refractivity contribution in [1.29, 1.82) is 0 Å². The van der Waals surface area contributed by atoms with E-state index < -0.39 is 12.1 Å². The van der Waals surface area contributed by atoms with Gasteiger partial charge in [0, 0.05) is 11.3 Å². The Morgan fingerprint density at radius 1 is 1.04 bits per heavy atom. The van der Waals surface area contributed by atoms with Crippen LogP contribution in [0, 0.1) is 13.8 Å². The molecule has 0 bridgehead atoms. The van der Waals surface area contributed by atoms with Crippen LogP contribution in [0.25, 0.3) is 11.1 Å². The van der Waals surface area contributed by atoms with Crippen LogP contribution in [0.4, 0.5) is 5.69 Å². The molecule has 1 aromatic heterocycles. The number of hydrogen-bond donors (Lipinski definition) is 1. The van der Waals surface area contributed by atoms with E-state index in [1.165, 1.54) is 11.3 Å². The molecule has 138 valence electrons. The largest absolute Gasteiger partial charge is 0.448 e. The van der Waals surface area contributed by atoms with Gasteiger partial charge in [-0.15, -0.1) is 11.3 Å². The number of esters is 1. The Kier molecular flexibility index (Phi) is 5.66. The van der Waals surface area contributed by atoms with Crippen LogP contribution in [0.5, 0.6) is 0 Å². The van der Waals surface area contributed by atoms with Crippen molar-refractivity contribution in [3.05, 3.63) is 70.2 Å². The molecule has 0 saturated heterocycles. The van der Waals surface area contributed by atoms with Crippen LogP contribution in [0.2, 0.25) is 0 Å². The number of nitrogens with one attached hydrogen (secondary N) is 1. The van der Waals surface area contributed by atoms with Crippen LogP contribution < -0.4 is 5.32 Å². The molecule has 3 rings (SSSR count). The van der Waals surface area contributed by atoms with Gasteiger partial charge in [-0.3, -0.25) is 4.79 Å². The molecule has 0 aliphatic carbocycles. The number of benzene rings is 2. The van der Waals surface area contributed by atoms with Gasteiger partial charge in [0.25, 0.3) is 5.91 Å². The Labute approximate surface area is 162 Å². The highest BCUT2D eigenvalue weighted by Gasteiger charge is 2.22. The Balaban J connectivity index is 1.72. The number of carbonyl (C=O) groups is 2. The van der Waals surface area contributed by atoms with Crippen LogP contribution in [-0.2, 0) is 9.53 Å². The summed E-state index contributed by atoms with van der Waals surface area (Å²) in [7, 11) is 0. The van der Waals surface area contributed by atoms with Gasteiger partial charge in [-0.2, -0.15) is 0 Å². The minimum atomic E-state index is -0.928. The molecule has 2 aromatic carbocycles. The minimum absolute atomic E-state index is 0.384. The number of aryl methyl sites for hydroxylation is 2. The molecule has 0 saturated carbocycles. The second-order valence-electron chi connectivity index (χ2n) is 6.10. The summed E-state index contributed by atoms with van der Waals surface area (Å²) < 4.78 is 5.33. The van der Waals surface area contributed by atoms with Gasteiger partial charge in [0.1, 0.15) is 4.88 Å². The molecule has 0 aliphatic heterocycles. The van der Waals surface area contributed by atoms with E-state index in [0.29, 0.717) is 16.3 Å². The van der Waals surface area contributed by atoms with Gasteiger partial charge in [-0.1, -0.05) is 48.5 Å². The van der Waals surface area contributed by atoms with Crippen LogP contribution in [-0.4, -0.2) is 23.0 Å². The molecule has 0 unspecified atom stereocenters. The standard InChI is InChI=1S/C21H20N2O3S/c1-13-19(27-15(3)22-13)21(25)26-14(2)20(24)23-18-12-8-7-11-17(18)16-9-5-4-6-10-16/h4-12,14H,1-3H3,(H,23,24)/t14-/m1/s1. The third kappa shape index (κ3) is 4.41. The number of hydrogen-bond acceptors (Lipinski definition) is 5. The Morgan fingerprint density at radius 2 is 1.70 bits per heavy atom. The second-order valence-corrected chi connectivity index (χ2v) is 7.30. The molecule has 1 heterocycles. The average molecular weight is 380 g/mol. The fraction of sp³-hybridized carbons (Fsp3) is 0.190. The number of carbonyl (C=O) groups excluding carboxylic acids is 2. The van der Waals surface area contributed by atoms with Crippen molar-refractivity contribution in [3.8, 4) is 11.1 Å². The molecule has 1 atom stereocenters. The first kappa shape index (κ1) is 18.8. The molecule has 0 radical (unpaired) electrons. The van der Waals surface area contributed by atoms with E-state index in [4.69, 9.17) is 4.74 Å². The van der Waals surface area contributed by atoms with Crippen molar-refractivity contribution < 1.29 is 14.3 Å². The van der Waals surface area contributed by atoms with Crippen LogP contribution in [0.1, 0.15) is 27.3 Å². The topological polar surface area (TPSA) is 68.3 Å². The van der Waals surface area contributed by atoms with E-state index in [2.05, 4.69) is 10.3 Å². The van der Waals surface area contributed by atoms with Gasteiger partial charge in [0.05, 0.1) is 10.7 Å². The summed E-state index contributed by atoms with van der Waals surface area (Å²) in [5, 5.41) is 3.64. The summed E-state index contributed by atoms with van der Waals surface area (Å²) >= 11 is 1.26. The van der Waals surface area contributed by atoms with E-state index >= 15 is 0 Å². The first-order valence-corrected chi connectivity index (χ1v) is 9.37. The van der Waals surface area contributed by atoms with E-state index in [0.717, 1.165) is 16.1 Å². The summed E-state index contributed by atoms with van der Waals surface area (Å²) in [5.41, 5.74) is 3.18. The molecular weight excluding hydrogens is 360 g/mol. The minimum Gasteiger partial charge on any atom is -0.448 e. The van der Waals surface area contributed by atoms with Gasteiger partial charge in [-0.05, 0) is 32.4 Å². The zero-order valence-corrected chi connectivity index (χ0v) is 16.2. The van der Waals surface area contributed by atoms with E-state index in [1.54, 1.807) is 13.8 Å². The number of para-hydroxylation sites is 1. The van der Waals surface area contributed by atoms with E-state index in [-0.39, 0.29) is 5.91 Å². The van der Waals surface area contributed by atoms with Crippen molar-refractivity contribution in [1.82, 2.24) is 4.98 Å². The number of rotatable bonds is 5. The summed E-state index contributed by atoms with van der Waals surface area (Å²) in [6, 6.07) is 17.3. The molecular formula is C21H20N2O3S. The average Bonchev–Trinajstić information content (AvgIpc) is 3.01. The predicted octanol–water partition coefficient (Wildman–Crippen LogP) is 4.61. The summed E-state index contributed by atoms with van der Waals surface area (Å²) in [4.78, 5) is 29.5. The van der Waals surface area contributed by atoms with Crippen molar-refractivity contribution in [3.63, 3.8) is 0 Å². The SMILES string of the molecule is Cc1nc(C)c(C(=O)O[C@H](C)C(=O)Nc2ccccc2-c2ccccc2)s1. The molecule has 0 aliphatic rings. The first-order chi connectivity index (χ1) is 13.0. The summed E-state index contributed by atoms with van der Waals surface area (Å²) in [6.45, 7) is 5.13. The van der Waals surface area contributed by atoms with Crippen LogP contribution in [0.3, 0.4) is 0 Å². The smallest absolute Gasteiger partial charge is 0.351 e. The Morgan fingerprint density at radius 3 is 2.37 bits per heavy atom. The Bertz CT molecular complexity index is 967. The third-order valence-electron chi connectivity index (χ3n) is 4.01. The van der Waals surface area contributed by atoms with Crippen molar-refractivity contribution in [2.45, 2.75) is 26.9 Å².